The van der Waals surface area contributed by atoms with Gasteiger partial charge in [0.15, 0.2) is 11.6 Å². The molecule has 0 spiro atoms. The van der Waals surface area contributed by atoms with Gasteiger partial charge in [-0.25, -0.2) is 9.18 Å². The van der Waals surface area contributed by atoms with E-state index >= 15 is 0 Å². The Kier molecular flexibility index (Phi) is 2.89. The second-order valence-electron chi connectivity index (χ2n) is 3.32. The van der Waals surface area contributed by atoms with E-state index in [1.54, 1.807) is 0 Å². The first kappa shape index (κ1) is 11.7. The topological polar surface area (TPSA) is 61.5 Å². The van der Waals surface area contributed by atoms with E-state index in [0.29, 0.717) is 10.1 Å². The van der Waals surface area contributed by atoms with Gasteiger partial charge < -0.3 is 15.2 Å². The van der Waals surface area contributed by atoms with Gasteiger partial charge in [-0.05, 0) is 6.07 Å². The SMILES string of the molecule is COC(=O)c1sc2cc(OC)c(F)cc2c1N. The van der Waals surface area contributed by atoms with E-state index in [4.69, 9.17) is 10.5 Å². The number of nitrogen functional groups attached to an aromatic ring is 1. The Bertz CT molecular complexity index is 594. The Labute approximate surface area is 101 Å². The number of fused-ring (bicyclic) bond motifs is 1. The maximum atomic E-state index is 13.5. The van der Waals surface area contributed by atoms with Gasteiger partial charge in [0.25, 0.3) is 0 Å². The summed E-state index contributed by atoms with van der Waals surface area (Å²) in [5, 5.41) is 0.494. The molecule has 17 heavy (non-hydrogen) atoms. The maximum Gasteiger partial charge on any atom is 0.350 e. The number of hydrogen-bond donors (Lipinski definition) is 1. The van der Waals surface area contributed by atoms with E-state index in [0.717, 1.165) is 11.3 Å². The van der Waals surface area contributed by atoms with Crippen molar-refractivity contribution < 1.29 is 18.7 Å². The van der Waals surface area contributed by atoms with E-state index in [2.05, 4.69) is 4.74 Å². The summed E-state index contributed by atoms with van der Waals surface area (Å²) in [6.45, 7) is 0. The number of ether oxygens (including phenoxy) is 2. The first-order valence-electron chi connectivity index (χ1n) is 4.72. The highest BCUT2D eigenvalue weighted by molar-refractivity contribution is 7.21. The molecule has 0 unspecified atom stereocenters. The Hall–Kier alpha value is -1.82. The molecule has 0 saturated heterocycles. The van der Waals surface area contributed by atoms with Crippen molar-refractivity contribution in [1.29, 1.82) is 0 Å². The van der Waals surface area contributed by atoms with Gasteiger partial charge in [-0.1, -0.05) is 0 Å². The van der Waals surface area contributed by atoms with Crippen molar-refractivity contribution in [2.45, 2.75) is 0 Å². The monoisotopic (exact) mass is 255 g/mol. The molecule has 2 aromatic rings. The van der Waals surface area contributed by atoms with Crippen molar-refractivity contribution >= 4 is 33.1 Å². The minimum atomic E-state index is -0.525. The molecule has 0 aliphatic carbocycles. The molecule has 6 heteroatoms. The molecular formula is C11H10FNO3S. The number of anilines is 1. The number of nitrogens with two attached hydrogens (primary N) is 1. The van der Waals surface area contributed by atoms with Crippen LogP contribution in [0, 0.1) is 5.82 Å². The summed E-state index contributed by atoms with van der Waals surface area (Å²) in [6, 6.07) is 2.77. The van der Waals surface area contributed by atoms with Crippen LogP contribution < -0.4 is 10.5 Å². The third-order valence-electron chi connectivity index (χ3n) is 2.37. The molecule has 0 radical (unpaired) electrons. The number of hydrogen-bond acceptors (Lipinski definition) is 5. The lowest BCUT2D eigenvalue weighted by Crippen LogP contribution is -2.01. The summed E-state index contributed by atoms with van der Waals surface area (Å²) >= 11 is 1.15. The van der Waals surface area contributed by atoms with Crippen LogP contribution in [-0.2, 0) is 4.74 Å². The maximum absolute atomic E-state index is 13.5. The summed E-state index contributed by atoms with van der Waals surface area (Å²) in [7, 11) is 2.65. The van der Waals surface area contributed by atoms with Crippen molar-refractivity contribution in [2.75, 3.05) is 20.0 Å². The quantitative estimate of drug-likeness (QED) is 0.837. The second-order valence-corrected chi connectivity index (χ2v) is 4.37. The molecule has 0 saturated carbocycles. The van der Waals surface area contributed by atoms with Gasteiger partial charge in [0.1, 0.15) is 4.88 Å². The van der Waals surface area contributed by atoms with Crippen molar-refractivity contribution in [3.05, 3.63) is 22.8 Å². The highest BCUT2D eigenvalue weighted by atomic mass is 32.1. The molecule has 1 aromatic heterocycles. The van der Waals surface area contributed by atoms with Gasteiger partial charge in [-0.2, -0.15) is 0 Å². The first-order valence-corrected chi connectivity index (χ1v) is 5.54. The lowest BCUT2D eigenvalue weighted by Gasteiger charge is -2.01. The van der Waals surface area contributed by atoms with Crippen LogP contribution in [0.2, 0.25) is 0 Å². The molecule has 2 rings (SSSR count). The van der Waals surface area contributed by atoms with E-state index in [1.165, 1.54) is 26.4 Å². The summed E-state index contributed by atoms with van der Waals surface area (Å²) in [5.41, 5.74) is 6.01. The Balaban J connectivity index is 2.69. The van der Waals surface area contributed by atoms with Gasteiger partial charge in [0.05, 0.1) is 19.9 Å². The average Bonchev–Trinajstić information content (AvgIpc) is 2.65. The Morgan fingerprint density at radius 3 is 2.71 bits per heavy atom. The molecule has 2 N–H and O–H groups in total. The zero-order valence-electron chi connectivity index (χ0n) is 9.24. The van der Waals surface area contributed by atoms with E-state index < -0.39 is 11.8 Å². The molecule has 1 heterocycles. The fraction of sp³-hybridized carbons (Fsp3) is 0.182. The van der Waals surface area contributed by atoms with Gasteiger partial charge in [0, 0.05) is 16.2 Å². The van der Waals surface area contributed by atoms with Crippen LogP contribution in [0.25, 0.3) is 10.1 Å². The summed E-state index contributed by atoms with van der Waals surface area (Å²) in [5.74, 6) is -0.917. The fourth-order valence-electron chi connectivity index (χ4n) is 1.52. The number of halogens is 1. The lowest BCUT2D eigenvalue weighted by molar-refractivity contribution is 0.0607. The standard InChI is InChI=1S/C11H10FNO3S/c1-15-7-4-8-5(3-6(7)12)9(13)10(17-8)11(14)16-2/h3-4H,13H2,1-2H3. The van der Waals surface area contributed by atoms with Crippen LogP contribution in [0.1, 0.15) is 9.67 Å². The zero-order valence-corrected chi connectivity index (χ0v) is 10.1. The number of rotatable bonds is 2. The van der Waals surface area contributed by atoms with Gasteiger partial charge in [-0.15, -0.1) is 11.3 Å². The van der Waals surface area contributed by atoms with E-state index in [1.807, 2.05) is 0 Å². The summed E-state index contributed by atoms with van der Waals surface area (Å²) < 4.78 is 23.6. The summed E-state index contributed by atoms with van der Waals surface area (Å²) in [6.07, 6.45) is 0. The zero-order chi connectivity index (χ0) is 12.6. The molecule has 4 nitrogen and oxygen atoms in total. The molecule has 0 amide bonds. The Morgan fingerprint density at radius 1 is 1.41 bits per heavy atom. The first-order chi connectivity index (χ1) is 8.08. The van der Waals surface area contributed by atoms with E-state index in [9.17, 15) is 9.18 Å². The smallest absolute Gasteiger partial charge is 0.350 e. The second kappa shape index (κ2) is 4.21. The lowest BCUT2D eigenvalue weighted by atomic mass is 10.2. The van der Waals surface area contributed by atoms with Crippen LogP contribution in [0.3, 0.4) is 0 Å². The number of carbonyl (C=O) groups is 1. The van der Waals surface area contributed by atoms with Crippen LogP contribution >= 0.6 is 11.3 Å². The van der Waals surface area contributed by atoms with E-state index in [-0.39, 0.29) is 16.3 Å². The minimum Gasteiger partial charge on any atom is -0.494 e. The molecule has 90 valence electrons. The van der Waals surface area contributed by atoms with Gasteiger partial charge >= 0.3 is 5.97 Å². The molecule has 0 bridgehead atoms. The predicted octanol–water partition coefficient (Wildman–Crippen LogP) is 2.42. The van der Waals surface area contributed by atoms with Crippen LogP contribution in [-0.4, -0.2) is 20.2 Å². The molecule has 0 aliphatic rings. The largest absolute Gasteiger partial charge is 0.494 e. The van der Waals surface area contributed by atoms with Crippen LogP contribution in [0.5, 0.6) is 5.75 Å². The molecule has 0 atom stereocenters. The molecular weight excluding hydrogens is 245 g/mol. The minimum absolute atomic E-state index is 0.121. The van der Waals surface area contributed by atoms with Crippen LogP contribution in [0.15, 0.2) is 12.1 Å². The number of esters is 1. The summed E-state index contributed by atoms with van der Waals surface area (Å²) in [4.78, 5) is 11.7. The number of thiophene rings is 1. The van der Waals surface area contributed by atoms with Gasteiger partial charge in [-0.3, -0.25) is 0 Å². The third-order valence-corrected chi connectivity index (χ3v) is 3.52. The number of methoxy groups -OCH3 is 2. The van der Waals surface area contributed by atoms with Crippen molar-refractivity contribution in [1.82, 2.24) is 0 Å². The normalized spacial score (nSPS) is 10.5. The molecule has 1 aromatic carbocycles. The van der Waals surface area contributed by atoms with Gasteiger partial charge in [0.2, 0.25) is 0 Å². The average molecular weight is 255 g/mol. The third kappa shape index (κ3) is 1.80. The number of benzene rings is 1. The number of carbonyl (C=O) groups excluding carboxylic acids is 1. The predicted molar refractivity (Wildman–Crippen MR) is 64.1 cm³/mol. The molecule has 0 aliphatic heterocycles. The fourth-order valence-corrected chi connectivity index (χ4v) is 2.57. The van der Waals surface area contributed by atoms with Crippen molar-refractivity contribution in [3.63, 3.8) is 0 Å². The molecule has 0 fully saturated rings. The highest BCUT2D eigenvalue weighted by Gasteiger charge is 2.18. The Morgan fingerprint density at radius 2 is 2.12 bits per heavy atom. The van der Waals surface area contributed by atoms with Crippen molar-refractivity contribution in [2.24, 2.45) is 0 Å². The van der Waals surface area contributed by atoms with Crippen molar-refractivity contribution in [3.8, 4) is 5.75 Å². The highest BCUT2D eigenvalue weighted by Crippen LogP contribution is 2.37. The van der Waals surface area contributed by atoms with Crippen LogP contribution in [0.4, 0.5) is 10.1 Å².